The van der Waals surface area contributed by atoms with Gasteiger partial charge in [-0.05, 0) is 5.56 Å². The highest BCUT2D eigenvalue weighted by molar-refractivity contribution is 7.78. The van der Waals surface area contributed by atoms with E-state index < -0.39 is 36.4 Å². The van der Waals surface area contributed by atoms with Crippen molar-refractivity contribution in [1.29, 1.82) is 0 Å². The molecule has 0 aliphatic carbocycles. The molecule has 0 N–H and O–H groups in total. The summed E-state index contributed by atoms with van der Waals surface area (Å²) in [7, 11) is 0. The number of amides is 1. The van der Waals surface area contributed by atoms with Gasteiger partial charge in [0.2, 0.25) is 0 Å². The average Bonchev–Trinajstić information content (AvgIpc) is 2.79. The van der Waals surface area contributed by atoms with Crippen LogP contribution in [-0.4, -0.2) is 33.7 Å². The van der Waals surface area contributed by atoms with Crippen LogP contribution in [0.3, 0.4) is 0 Å². The van der Waals surface area contributed by atoms with Gasteiger partial charge in [0.05, 0.1) is 6.61 Å². The molecule has 1 amide bonds. The molecule has 0 spiro atoms. The lowest BCUT2D eigenvalue weighted by Crippen LogP contribution is -2.41. The fourth-order valence-corrected chi connectivity index (χ4v) is 2.43. The Balaban J connectivity index is 1.97. The Bertz CT molecular complexity index is 471. The Kier molecular flexibility index (Phi) is 4.43. The van der Waals surface area contributed by atoms with E-state index in [4.69, 9.17) is 4.74 Å². The summed E-state index contributed by atoms with van der Waals surface area (Å²) in [5.74, 6) is 0. The van der Waals surface area contributed by atoms with Crippen LogP contribution in [0.15, 0.2) is 30.3 Å². The first kappa shape index (κ1) is 13.9. The van der Waals surface area contributed by atoms with Crippen LogP contribution in [0.4, 0.5) is 13.6 Å². The molecular weight excluding hydrogens is 280 g/mol. The van der Waals surface area contributed by atoms with Crippen molar-refractivity contribution < 1.29 is 26.7 Å². The Hall–Kier alpha value is -1.54. The van der Waals surface area contributed by atoms with E-state index in [2.05, 4.69) is 4.18 Å². The molecule has 19 heavy (non-hydrogen) atoms. The Morgan fingerprint density at radius 1 is 1.47 bits per heavy atom. The van der Waals surface area contributed by atoms with Crippen LogP contribution >= 0.6 is 0 Å². The predicted octanol–water partition coefficient (Wildman–Crippen LogP) is 1.87. The highest BCUT2D eigenvalue weighted by Gasteiger charge is 2.43. The zero-order valence-corrected chi connectivity index (χ0v) is 10.5. The summed E-state index contributed by atoms with van der Waals surface area (Å²) in [6, 6.07) is 7.19. The largest absolute Gasteiger partial charge is 0.444 e. The first-order valence-electron chi connectivity index (χ1n) is 5.43. The van der Waals surface area contributed by atoms with Crippen molar-refractivity contribution in [3.63, 3.8) is 0 Å². The van der Waals surface area contributed by atoms with Crippen molar-refractivity contribution in [2.75, 3.05) is 6.61 Å². The number of hydrogen-bond donors (Lipinski definition) is 0. The molecule has 1 saturated heterocycles. The summed E-state index contributed by atoms with van der Waals surface area (Å²) in [4.78, 5) is 11.6. The van der Waals surface area contributed by atoms with Gasteiger partial charge in [-0.25, -0.2) is 17.8 Å². The van der Waals surface area contributed by atoms with Gasteiger partial charge in [-0.15, -0.1) is 0 Å². The van der Waals surface area contributed by atoms with Crippen molar-refractivity contribution in [2.24, 2.45) is 0 Å². The maximum absolute atomic E-state index is 12.6. The van der Waals surface area contributed by atoms with Gasteiger partial charge in [0, 0.05) is 0 Å². The first-order valence-corrected chi connectivity index (χ1v) is 6.46. The van der Waals surface area contributed by atoms with Crippen molar-refractivity contribution in [3.8, 4) is 0 Å². The molecule has 1 aliphatic rings. The summed E-state index contributed by atoms with van der Waals surface area (Å²) in [6.07, 6.45) is -3.92. The number of halogens is 2. The van der Waals surface area contributed by atoms with Crippen molar-refractivity contribution in [3.05, 3.63) is 35.9 Å². The maximum Gasteiger partial charge on any atom is 0.424 e. The van der Waals surface area contributed by atoms with E-state index in [9.17, 15) is 17.8 Å². The summed E-state index contributed by atoms with van der Waals surface area (Å²) < 4.78 is 46.4. The minimum atomic E-state index is -2.84. The van der Waals surface area contributed by atoms with Gasteiger partial charge in [-0.3, -0.25) is 4.18 Å². The van der Waals surface area contributed by atoms with Crippen LogP contribution in [0, 0.1) is 0 Å². The molecule has 5 nitrogen and oxygen atoms in total. The third kappa shape index (κ3) is 3.27. The van der Waals surface area contributed by atoms with Gasteiger partial charge in [0.1, 0.15) is 12.6 Å². The van der Waals surface area contributed by atoms with E-state index in [-0.39, 0.29) is 6.61 Å². The minimum absolute atomic E-state index is 0.0800. The summed E-state index contributed by atoms with van der Waals surface area (Å²) in [5, 5.41) is 0. The van der Waals surface area contributed by atoms with Crippen LogP contribution in [-0.2, 0) is 26.8 Å². The third-order valence-corrected chi connectivity index (χ3v) is 3.56. The van der Waals surface area contributed by atoms with Gasteiger partial charge in [0.15, 0.2) is 0 Å². The van der Waals surface area contributed by atoms with Crippen LogP contribution in [0.25, 0.3) is 0 Å². The molecule has 104 valence electrons. The third-order valence-electron chi connectivity index (χ3n) is 2.48. The lowest BCUT2D eigenvalue weighted by atomic mass is 10.2. The first-order chi connectivity index (χ1) is 9.09. The molecule has 1 fully saturated rings. The predicted molar refractivity (Wildman–Crippen MR) is 62.4 cm³/mol. The van der Waals surface area contributed by atoms with E-state index in [1.807, 2.05) is 0 Å². The van der Waals surface area contributed by atoms with Gasteiger partial charge in [0.25, 0.3) is 17.7 Å². The highest BCUT2D eigenvalue weighted by atomic mass is 32.2. The fourth-order valence-electron chi connectivity index (χ4n) is 1.52. The Labute approximate surface area is 110 Å². The van der Waals surface area contributed by atoms with E-state index in [1.54, 1.807) is 30.3 Å². The van der Waals surface area contributed by atoms with Gasteiger partial charge >= 0.3 is 6.09 Å². The van der Waals surface area contributed by atoms with Crippen molar-refractivity contribution in [2.45, 2.75) is 19.1 Å². The molecule has 1 aromatic rings. The maximum atomic E-state index is 12.6. The normalized spacial score (nSPS) is 22.8. The quantitative estimate of drug-likeness (QED) is 0.853. The second-order valence-corrected chi connectivity index (χ2v) is 4.83. The molecule has 0 radical (unpaired) electrons. The van der Waals surface area contributed by atoms with E-state index in [0.29, 0.717) is 9.87 Å². The van der Waals surface area contributed by atoms with Crippen LogP contribution in [0.1, 0.15) is 5.56 Å². The van der Waals surface area contributed by atoms with Gasteiger partial charge < -0.3 is 4.74 Å². The summed E-state index contributed by atoms with van der Waals surface area (Å²) >= 11 is -2.22. The molecular formula is C11H11F2NO4S. The second-order valence-electron chi connectivity index (χ2n) is 3.77. The smallest absolute Gasteiger partial charge is 0.424 e. The molecule has 8 heteroatoms. The Morgan fingerprint density at radius 2 is 2.16 bits per heavy atom. The molecule has 2 atom stereocenters. The van der Waals surface area contributed by atoms with Crippen molar-refractivity contribution in [1.82, 2.24) is 4.31 Å². The minimum Gasteiger partial charge on any atom is -0.444 e. The molecule has 2 rings (SSSR count). The molecule has 1 heterocycles. The van der Waals surface area contributed by atoms with Gasteiger partial charge in [-0.2, -0.15) is 4.31 Å². The number of carbonyl (C=O) groups excluding carboxylic acids is 1. The molecule has 1 aliphatic heterocycles. The SMILES string of the molecule is O=C(OCc1ccccc1)N1[C@H](C(F)F)COS1=O. The zero-order chi connectivity index (χ0) is 13.8. The number of carbonyl (C=O) groups is 1. The second kappa shape index (κ2) is 6.07. The van der Waals surface area contributed by atoms with E-state index >= 15 is 0 Å². The van der Waals surface area contributed by atoms with Gasteiger partial charge in [-0.1, -0.05) is 30.3 Å². The van der Waals surface area contributed by atoms with Crippen LogP contribution in [0.5, 0.6) is 0 Å². The molecule has 0 saturated carbocycles. The average molecular weight is 291 g/mol. The highest BCUT2D eigenvalue weighted by Crippen LogP contribution is 2.22. The number of rotatable bonds is 3. The standard InChI is InChI=1S/C11H11F2NO4S/c12-10(13)9-7-18-19(16)14(9)11(15)17-6-8-4-2-1-3-5-8/h1-5,9-10H,6-7H2/t9-,19?/m0/s1. The lowest BCUT2D eigenvalue weighted by molar-refractivity contribution is 0.0496. The summed E-state index contributed by atoms with van der Waals surface area (Å²) in [5.41, 5.74) is 0.704. The molecule has 0 bridgehead atoms. The number of hydrogen-bond acceptors (Lipinski definition) is 4. The lowest BCUT2D eigenvalue weighted by Gasteiger charge is -2.18. The molecule has 1 aromatic carbocycles. The van der Waals surface area contributed by atoms with Crippen molar-refractivity contribution >= 4 is 17.4 Å². The number of ether oxygens (including phenoxy) is 1. The van der Waals surface area contributed by atoms with E-state index in [1.165, 1.54) is 0 Å². The van der Waals surface area contributed by atoms with Crippen LogP contribution in [0.2, 0.25) is 0 Å². The number of alkyl halides is 2. The Morgan fingerprint density at radius 3 is 2.79 bits per heavy atom. The number of nitrogens with zero attached hydrogens (tertiary/aromatic N) is 1. The topological polar surface area (TPSA) is 55.8 Å². The number of benzene rings is 1. The molecule has 1 unspecified atom stereocenters. The van der Waals surface area contributed by atoms with Crippen LogP contribution < -0.4 is 0 Å². The monoisotopic (exact) mass is 291 g/mol. The zero-order valence-electron chi connectivity index (χ0n) is 9.70. The van der Waals surface area contributed by atoms with E-state index in [0.717, 1.165) is 0 Å². The fraction of sp³-hybridized carbons (Fsp3) is 0.364. The molecule has 0 aromatic heterocycles. The summed E-state index contributed by atoms with van der Waals surface area (Å²) in [6.45, 7) is -0.548.